The summed E-state index contributed by atoms with van der Waals surface area (Å²) in [6, 6.07) is 30.0. The van der Waals surface area contributed by atoms with Gasteiger partial charge in [-0.1, -0.05) is 91.0 Å². The first kappa shape index (κ1) is 29.9. The molecule has 0 amide bonds. The van der Waals surface area contributed by atoms with Crippen LogP contribution in [-0.4, -0.2) is 61.2 Å². The second-order valence-corrected chi connectivity index (χ2v) is 8.89. The van der Waals surface area contributed by atoms with Gasteiger partial charge in [0, 0.05) is 20.3 Å². The molecule has 1 saturated heterocycles. The summed E-state index contributed by atoms with van der Waals surface area (Å²) in [5.41, 5.74) is 3.14. The Morgan fingerprint density at radius 1 is 0.632 bits per heavy atom. The van der Waals surface area contributed by atoms with Gasteiger partial charge in [0.1, 0.15) is 18.3 Å². The third-order valence-electron chi connectivity index (χ3n) is 6.09. The van der Waals surface area contributed by atoms with Crippen molar-refractivity contribution < 1.29 is 33.9 Å². The van der Waals surface area contributed by atoms with E-state index in [-0.39, 0.29) is 13.2 Å². The quantitative estimate of drug-likeness (QED) is 0.361. The van der Waals surface area contributed by atoms with Gasteiger partial charge in [-0.2, -0.15) is 0 Å². The third kappa shape index (κ3) is 9.29. The first-order chi connectivity index (χ1) is 18.7. The molecule has 0 radical (unpaired) electrons. The van der Waals surface area contributed by atoms with Crippen LogP contribution in [0.4, 0.5) is 0 Å². The van der Waals surface area contributed by atoms with Gasteiger partial charge < -0.3 is 33.9 Å². The predicted octanol–water partition coefficient (Wildman–Crippen LogP) is 4.49. The van der Waals surface area contributed by atoms with Crippen molar-refractivity contribution in [1.82, 2.24) is 0 Å². The summed E-state index contributed by atoms with van der Waals surface area (Å²) in [5, 5.41) is 17.3. The summed E-state index contributed by atoms with van der Waals surface area (Å²) in [4.78, 5) is 0. The van der Waals surface area contributed by atoms with Crippen LogP contribution in [0.5, 0.6) is 0 Å². The van der Waals surface area contributed by atoms with Gasteiger partial charge in [0.05, 0.1) is 25.9 Å². The molecule has 206 valence electrons. The largest absolute Gasteiger partial charge is 0.397 e. The molecule has 0 saturated carbocycles. The fraction of sp³-hybridized carbons (Fsp3) is 0.419. The molecule has 0 aromatic heterocycles. The van der Waals surface area contributed by atoms with Crippen LogP contribution >= 0.6 is 0 Å². The van der Waals surface area contributed by atoms with Crippen LogP contribution in [0.25, 0.3) is 0 Å². The Balaban J connectivity index is 0.00000127. The molecule has 38 heavy (non-hydrogen) atoms. The fourth-order valence-corrected chi connectivity index (χ4v) is 4.30. The number of ether oxygens (including phenoxy) is 5. The Bertz CT molecular complexity index is 987. The van der Waals surface area contributed by atoms with Crippen LogP contribution < -0.4 is 0 Å². The molecular weight excluding hydrogens is 484 g/mol. The van der Waals surface area contributed by atoms with E-state index >= 15 is 0 Å². The summed E-state index contributed by atoms with van der Waals surface area (Å²) in [5.74, 6) is 0. The highest BCUT2D eigenvalue weighted by Crippen LogP contribution is 2.32. The maximum atomic E-state index is 9.74. The number of hydrogen-bond donors (Lipinski definition) is 2. The maximum Gasteiger partial charge on any atom is 0.186 e. The highest BCUT2D eigenvalue weighted by molar-refractivity contribution is 5.15. The Hall–Kier alpha value is -2.62. The predicted molar refractivity (Wildman–Crippen MR) is 145 cm³/mol. The molecule has 3 aromatic carbocycles. The van der Waals surface area contributed by atoms with Gasteiger partial charge in [0.15, 0.2) is 6.29 Å². The van der Waals surface area contributed by atoms with Crippen molar-refractivity contribution in [1.29, 1.82) is 0 Å². The number of aliphatic hydroxyl groups is 2. The maximum absolute atomic E-state index is 9.74. The molecule has 0 spiro atoms. The summed E-state index contributed by atoms with van der Waals surface area (Å²) in [6.45, 7) is 3.07. The minimum Gasteiger partial charge on any atom is -0.397 e. The standard InChI is InChI=1S/C29H34O6.C2H6O/c1-31-29-28(34-21-24-15-9-4-10-16-24)27(33-20-23-13-7-3-8-14-23)26(25(35-29)17-18-30)32-19-22-11-5-2-6-12-22;1-2-3/h2-16,25-30H,17-21H2,1H3;3H,2H2,1H3/t25-,26-,27+,28-,29+;/m1./s1. The van der Waals surface area contributed by atoms with Gasteiger partial charge in [-0.05, 0) is 30.0 Å². The average molecular weight is 525 g/mol. The number of aliphatic hydroxyl groups excluding tert-OH is 2. The van der Waals surface area contributed by atoms with Crippen LogP contribution in [0.3, 0.4) is 0 Å². The topological polar surface area (TPSA) is 86.6 Å². The van der Waals surface area contributed by atoms with E-state index in [0.717, 1.165) is 16.7 Å². The van der Waals surface area contributed by atoms with E-state index in [1.165, 1.54) is 0 Å². The molecule has 1 aliphatic heterocycles. The molecule has 2 N–H and O–H groups in total. The highest BCUT2D eigenvalue weighted by Gasteiger charge is 2.48. The van der Waals surface area contributed by atoms with Gasteiger partial charge >= 0.3 is 0 Å². The Morgan fingerprint density at radius 2 is 1.03 bits per heavy atom. The summed E-state index contributed by atoms with van der Waals surface area (Å²) >= 11 is 0. The molecule has 0 bridgehead atoms. The molecule has 1 fully saturated rings. The van der Waals surface area contributed by atoms with E-state index in [4.69, 9.17) is 28.8 Å². The van der Waals surface area contributed by atoms with Gasteiger partial charge in [-0.15, -0.1) is 0 Å². The van der Waals surface area contributed by atoms with Gasteiger partial charge in [-0.3, -0.25) is 0 Å². The lowest BCUT2D eigenvalue weighted by Gasteiger charge is -2.45. The van der Waals surface area contributed by atoms with E-state index in [0.29, 0.717) is 26.2 Å². The lowest BCUT2D eigenvalue weighted by atomic mass is 9.95. The van der Waals surface area contributed by atoms with Gasteiger partial charge in [0.25, 0.3) is 0 Å². The molecule has 5 atom stereocenters. The molecule has 3 aromatic rings. The number of methoxy groups -OCH3 is 1. The monoisotopic (exact) mass is 524 g/mol. The second-order valence-electron chi connectivity index (χ2n) is 8.89. The first-order valence-electron chi connectivity index (χ1n) is 13.1. The zero-order valence-electron chi connectivity index (χ0n) is 22.2. The van der Waals surface area contributed by atoms with E-state index < -0.39 is 30.7 Å². The second kappa shape index (κ2) is 17.1. The minimum atomic E-state index is -0.660. The SMILES string of the molecule is CCO.CO[C@H]1O[C@H](CCO)[C@@H](OCc2ccccc2)[C@H](OCc2ccccc2)[C@H]1OCc1ccccc1. The van der Waals surface area contributed by atoms with Crippen LogP contribution in [0.1, 0.15) is 30.0 Å². The molecule has 7 nitrogen and oxygen atoms in total. The number of benzene rings is 3. The van der Waals surface area contributed by atoms with Gasteiger partial charge in [-0.25, -0.2) is 0 Å². The van der Waals surface area contributed by atoms with Crippen LogP contribution in [0.2, 0.25) is 0 Å². The zero-order chi connectivity index (χ0) is 27.0. The minimum absolute atomic E-state index is 0.0345. The van der Waals surface area contributed by atoms with Crippen molar-refractivity contribution in [3.63, 3.8) is 0 Å². The Morgan fingerprint density at radius 3 is 1.42 bits per heavy atom. The molecular formula is C31H40O7. The van der Waals surface area contributed by atoms with Crippen LogP contribution in [-0.2, 0) is 43.5 Å². The summed E-state index contributed by atoms with van der Waals surface area (Å²) in [7, 11) is 1.60. The zero-order valence-corrected chi connectivity index (χ0v) is 22.2. The van der Waals surface area contributed by atoms with E-state index in [2.05, 4.69) is 0 Å². The molecule has 4 rings (SSSR count). The smallest absolute Gasteiger partial charge is 0.186 e. The van der Waals surface area contributed by atoms with Crippen molar-refractivity contribution in [2.24, 2.45) is 0 Å². The van der Waals surface area contributed by atoms with Crippen LogP contribution in [0, 0.1) is 0 Å². The first-order valence-corrected chi connectivity index (χ1v) is 13.1. The third-order valence-corrected chi connectivity index (χ3v) is 6.09. The average Bonchev–Trinajstić information content (AvgIpc) is 2.96. The normalized spacial score (nSPS) is 22.9. The van der Waals surface area contributed by atoms with Crippen LogP contribution in [0.15, 0.2) is 91.0 Å². The lowest BCUT2D eigenvalue weighted by molar-refractivity contribution is -0.319. The van der Waals surface area contributed by atoms with Crippen molar-refractivity contribution in [2.45, 2.75) is 63.9 Å². The van der Waals surface area contributed by atoms with Crippen molar-refractivity contribution in [2.75, 3.05) is 20.3 Å². The highest BCUT2D eigenvalue weighted by atomic mass is 16.7. The van der Waals surface area contributed by atoms with Crippen molar-refractivity contribution in [3.8, 4) is 0 Å². The Labute approximate surface area is 225 Å². The molecule has 0 aliphatic carbocycles. The van der Waals surface area contributed by atoms with E-state index in [1.54, 1.807) is 14.0 Å². The summed E-state index contributed by atoms with van der Waals surface area (Å²) in [6.07, 6.45) is -2.13. The fourth-order valence-electron chi connectivity index (χ4n) is 4.30. The molecule has 1 aliphatic rings. The van der Waals surface area contributed by atoms with Crippen molar-refractivity contribution >= 4 is 0 Å². The summed E-state index contributed by atoms with van der Waals surface area (Å²) < 4.78 is 31.2. The van der Waals surface area contributed by atoms with Crippen molar-refractivity contribution in [3.05, 3.63) is 108 Å². The number of hydrogen-bond acceptors (Lipinski definition) is 7. The number of rotatable bonds is 12. The molecule has 1 heterocycles. The van der Waals surface area contributed by atoms with E-state index in [1.807, 2.05) is 91.0 Å². The molecule has 0 unspecified atom stereocenters. The van der Waals surface area contributed by atoms with Gasteiger partial charge in [0.2, 0.25) is 0 Å². The lowest BCUT2D eigenvalue weighted by Crippen LogP contribution is -2.60. The Kier molecular flexibility index (Phi) is 13.4. The molecule has 7 heteroatoms. The van der Waals surface area contributed by atoms with E-state index in [9.17, 15) is 5.11 Å².